The Labute approximate surface area is 119 Å². The number of non-ortho nitro benzene ring substituents is 1. The molecule has 0 spiro atoms. The first-order chi connectivity index (χ1) is 9.90. The molecule has 0 bridgehead atoms. The number of carbonyl (C=O) groups is 2. The fraction of sp³-hybridized carbons (Fsp3) is 0.385. The van der Waals surface area contributed by atoms with Crippen LogP contribution in [0.3, 0.4) is 0 Å². The van der Waals surface area contributed by atoms with Crippen molar-refractivity contribution in [2.24, 2.45) is 11.7 Å². The maximum Gasteiger partial charge on any atom is 0.272 e. The number of likely N-dealkylation sites (tertiary alicyclic amines) is 1. The second-order valence-corrected chi connectivity index (χ2v) is 4.91. The highest BCUT2D eigenvalue weighted by atomic mass is 19.1. The van der Waals surface area contributed by atoms with Gasteiger partial charge >= 0.3 is 0 Å². The molecule has 1 aromatic carbocycles. The van der Waals surface area contributed by atoms with Crippen LogP contribution in [0.15, 0.2) is 18.2 Å². The molecular formula is C13H14FN3O4. The predicted molar refractivity (Wildman–Crippen MR) is 70.9 cm³/mol. The Kier molecular flexibility index (Phi) is 4.15. The average Bonchev–Trinajstić information content (AvgIpc) is 2.46. The van der Waals surface area contributed by atoms with E-state index in [4.69, 9.17) is 5.73 Å². The second kappa shape index (κ2) is 5.86. The first-order valence-corrected chi connectivity index (χ1v) is 6.42. The molecule has 0 aromatic heterocycles. The molecule has 1 saturated heterocycles. The highest BCUT2D eigenvalue weighted by molar-refractivity contribution is 5.95. The predicted octanol–water partition coefficient (Wildman–Crippen LogP) is 1.07. The largest absolute Gasteiger partial charge is 0.369 e. The first-order valence-electron chi connectivity index (χ1n) is 6.42. The summed E-state index contributed by atoms with van der Waals surface area (Å²) in [6, 6.07) is 2.87. The van der Waals surface area contributed by atoms with Crippen LogP contribution < -0.4 is 5.73 Å². The number of hydrogen-bond acceptors (Lipinski definition) is 4. The molecule has 2 rings (SSSR count). The van der Waals surface area contributed by atoms with E-state index >= 15 is 0 Å². The molecule has 1 aromatic rings. The molecule has 1 atom stereocenters. The molecule has 8 heteroatoms. The monoisotopic (exact) mass is 295 g/mol. The third-order valence-corrected chi connectivity index (χ3v) is 3.50. The van der Waals surface area contributed by atoms with Crippen LogP contribution in [0.4, 0.5) is 10.1 Å². The standard InChI is InChI=1S/C13H14FN3O4/c14-11-6-9(17(20)21)3-4-10(11)13(19)16-5-1-2-8(7-16)12(15)18/h3-4,6,8H,1-2,5,7H2,(H2,15,18)/t8-/m1/s1. The number of rotatable bonds is 3. The van der Waals surface area contributed by atoms with Gasteiger partial charge in [0, 0.05) is 19.2 Å². The van der Waals surface area contributed by atoms with Crippen molar-refractivity contribution in [2.45, 2.75) is 12.8 Å². The normalized spacial score (nSPS) is 18.3. The van der Waals surface area contributed by atoms with Gasteiger partial charge < -0.3 is 10.6 Å². The van der Waals surface area contributed by atoms with Crippen LogP contribution in [0, 0.1) is 21.8 Å². The minimum absolute atomic E-state index is 0.143. The van der Waals surface area contributed by atoms with E-state index in [1.165, 1.54) is 4.90 Å². The number of amides is 2. The van der Waals surface area contributed by atoms with E-state index in [9.17, 15) is 24.1 Å². The summed E-state index contributed by atoms with van der Waals surface area (Å²) in [5.41, 5.74) is 4.56. The number of primary amides is 1. The summed E-state index contributed by atoms with van der Waals surface area (Å²) >= 11 is 0. The van der Waals surface area contributed by atoms with Crippen molar-refractivity contribution >= 4 is 17.5 Å². The lowest BCUT2D eigenvalue weighted by Gasteiger charge is -2.31. The lowest BCUT2D eigenvalue weighted by molar-refractivity contribution is -0.385. The van der Waals surface area contributed by atoms with Crippen molar-refractivity contribution in [3.63, 3.8) is 0 Å². The fourth-order valence-electron chi connectivity index (χ4n) is 2.36. The zero-order chi connectivity index (χ0) is 15.6. The quantitative estimate of drug-likeness (QED) is 0.664. The van der Waals surface area contributed by atoms with Crippen LogP contribution >= 0.6 is 0 Å². The van der Waals surface area contributed by atoms with Crippen LogP contribution in [-0.2, 0) is 4.79 Å². The van der Waals surface area contributed by atoms with Crippen LogP contribution in [0.25, 0.3) is 0 Å². The molecule has 0 saturated carbocycles. The van der Waals surface area contributed by atoms with E-state index in [1.807, 2.05) is 0 Å². The molecule has 7 nitrogen and oxygen atoms in total. The molecule has 112 valence electrons. The van der Waals surface area contributed by atoms with Gasteiger partial charge in [-0.05, 0) is 18.9 Å². The van der Waals surface area contributed by atoms with Crippen molar-refractivity contribution in [3.8, 4) is 0 Å². The summed E-state index contributed by atoms with van der Waals surface area (Å²) in [5, 5.41) is 10.5. The van der Waals surface area contributed by atoms with Gasteiger partial charge in [-0.2, -0.15) is 0 Å². The van der Waals surface area contributed by atoms with E-state index < -0.39 is 34.2 Å². The molecule has 0 radical (unpaired) electrons. The van der Waals surface area contributed by atoms with Gasteiger partial charge in [-0.3, -0.25) is 19.7 Å². The van der Waals surface area contributed by atoms with E-state index in [2.05, 4.69) is 0 Å². The molecule has 2 N–H and O–H groups in total. The van der Waals surface area contributed by atoms with Gasteiger partial charge in [0.25, 0.3) is 11.6 Å². The Bertz CT molecular complexity index is 605. The minimum Gasteiger partial charge on any atom is -0.369 e. The second-order valence-electron chi connectivity index (χ2n) is 4.91. The van der Waals surface area contributed by atoms with Crippen LogP contribution in [0.1, 0.15) is 23.2 Å². The van der Waals surface area contributed by atoms with Crippen LogP contribution in [-0.4, -0.2) is 34.7 Å². The summed E-state index contributed by atoms with van der Waals surface area (Å²) in [6.45, 7) is 0.545. The van der Waals surface area contributed by atoms with Gasteiger partial charge in [0.05, 0.1) is 22.5 Å². The fourth-order valence-corrected chi connectivity index (χ4v) is 2.36. The number of benzene rings is 1. The maximum absolute atomic E-state index is 13.8. The number of piperidine rings is 1. The molecule has 1 fully saturated rings. The lowest BCUT2D eigenvalue weighted by atomic mass is 9.97. The van der Waals surface area contributed by atoms with Crippen molar-refractivity contribution in [2.75, 3.05) is 13.1 Å². The third-order valence-electron chi connectivity index (χ3n) is 3.50. The number of carbonyl (C=O) groups excluding carboxylic acids is 2. The smallest absolute Gasteiger partial charge is 0.272 e. The summed E-state index contributed by atoms with van der Waals surface area (Å²) in [6.07, 6.45) is 1.20. The third kappa shape index (κ3) is 3.15. The van der Waals surface area contributed by atoms with Crippen molar-refractivity contribution < 1.29 is 18.9 Å². The van der Waals surface area contributed by atoms with Crippen LogP contribution in [0.2, 0.25) is 0 Å². The number of hydrogen-bond donors (Lipinski definition) is 1. The Morgan fingerprint density at radius 3 is 2.71 bits per heavy atom. The van der Waals surface area contributed by atoms with Crippen molar-refractivity contribution in [1.29, 1.82) is 0 Å². The van der Waals surface area contributed by atoms with Gasteiger partial charge in [0.15, 0.2) is 0 Å². The summed E-state index contributed by atoms with van der Waals surface area (Å²) in [4.78, 5) is 34.6. The van der Waals surface area contributed by atoms with Crippen molar-refractivity contribution in [3.05, 3.63) is 39.7 Å². The molecule has 21 heavy (non-hydrogen) atoms. The highest BCUT2D eigenvalue weighted by Gasteiger charge is 2.29. The van der Waals surface area contributed by atoms with E-state index in [-0.39, 0.29) is 12.1 Å². The van der Waals surface area contributed by atoms with E-state index in [0.717, 1.165) is 12.1 Å². The van der Waals surface area contributed by atoms with Gasteiger partial charge in [0.2, 0.25) is 5.91 Å². The summed E-state index contributed by atoms with van der Waals surface area (Å²) in [7, 11) is 0. The molecule has 1 aliphatic heterocycles. The Morgan fingerprint density at radius 2 is 2.14 bits per heavy atom. The number of nitro benzene ring substituents is 1. The van der Waals surface area contributed by atoms with Gasteiger partial charge in [-0.1, -0.05) is 0 Å². The van der Waals surface area contributed by atoms with Gasteiger partial charge in [0.1, 0.15) is 5.82 Å². The summed E-state index contributed by atoms with van der Waals surface area (Å²) in [5.74, 6) is -2.47. The zero-order valence-electron chi connectivity index (χ0n) is 11.1. The average molecular weight is 295 g/mol. The Balaban J connectivity index is 2.20. The number of halogens is 1. The topological polar surface area (TPSA) is 107 Å². The number of nitrogens with two attached hydrogens (primary N) is 1. The number of nitrogens with zero attached hydrogens (tertiary/aromatic N) is 2. The Morgan fingerprint density at radius 1 is 1.43 bits per heavy atom. The van der Waals surface area contributed by atoms with E-state index in [0.29, 0.717) is 25.5 Å². The Hall–Kier alpha value is -2.51. The van der Waals surface area contributed by atoms with Gasteiger partial charge in [-0.15, -0.1) is 0 Å². The van der Waals surface area contributed by atoms with Gasteiger partial charge in [-0.25, -0.2) is 4.39 Å². The molecule has 0 aliphatic carbocycles. The number of nitro groups is 1. The lowest BCUT2D eigenvalue weighted by Crippen LogP contribution is -2.44. The van der Waals surface area contributed by atoms with Crippen LogP contribution in [0.5, 0.6) is 0 Å². The molecule has 1 heterocycles. The maximum atomic E-state index is 13.8. The zero-order valence-corrected chi connectivity index (χ0v) is 11.1. The summed E-state index contributed by atoms with van der Waals surface area (Å²) < 4.78 is 13.8. The molecule has 1 aliphatic rings. The molecule has 0 unspecified atom stereocenters. The highest BCUT2D eigenvalue weighted by Crippen LogP contribution is 2.22. The minimum atomic E-state index is -0.949. The SMILES string of the molecule is NC(=O)[C@@H]1CCCN(C(=O)c2ccc([N+](=O)[O-])cc2F)C1. The van der Waals surface area contributed by atoms with Crippen molar-refractivity contribution in [1.82, 2.24) is 4.90 Å². The van der Waals surface area contributed by atoms with E-state index in [1.54, 1.807) is 0 Å². The first kappa shape index (κ1) is 14.9. The molecular weight excluding hydrogens is 281 g/mol. The molecule has 2 amide bonds.